The van der Waals surface area contributed by atoms with E-state index in [0.29, 0.717) is 11.3 Å². The number of carbonyl (C=O) groups excluding carboxylic acids is 1. The molecule has 1 heterocycles. The van der Waals surface area contributed by atoms with Crippen molar-refractivity contribution < 1.29 is 9.21 Å². The summed E-state index contributed by atoms with van der Waals surface area (Å²) in [5.41, 5.74) is 9.75. The van der Waals surface area contributed by atoms with Crippen molar-refractivity contribution in [1.29, 1.82) is 0 Å². The number of hydrogen-bond donors (Lipinski definition) is 0. The van der Waals surface area contributed by atoms with E-state index in [2.05, 4.69) is 10.0 Å². The van der Waals surface area contributed by atoms with Gasteiger partial charge in [-0.15, -0.1) is 0 Å². The van der Waals surface area contributed by atoms with Crippen LogP contribution in [-0.4, -0.2) is 5.91 Å². The fraction of sp³-hybridized carbons (Fsp3) is 0.0833. The monoisotopic (exact) mass is 227 g/mol. The van der Waals surface area contributed by atoms with Crippen LogP contribution in [0.15, 0.2) is 45.9 Å². The summed E-state index contributed by atoms with van der Waals surface area (Å²) in [5, 5.41) is 3.04. The van der Waals surface area contributed by atoms with Gasteiger partial charge >= 0.3 is 0 Å². The minimum Gasteiger partial charge on any atom is -0.457 e. The predicted octanol–water partition coefficient (Wildman–Crippen LogP) is 3.71. The first-order valence-corrected chi connectivity index (χ1v) is 4.97. The second-order valence-electron chi connectivity index (χ2n) is 3.46. The maximum absolute atomic E-state index is 11.5. The maximum atomic E-state index is 11.5. The number of carbonyl (C=O) groups is 1. The highest BCUT2D eigenvalue weighted by molar-refractivity contribution is 5.98. The number of hydrogen-bond acceptors (Lipinski definition) is 2. The lowest BCUT2D eigenvalue weighted by Gasteiger charge is -1.98. The van der Waals surface area contributed by atoms with E-state index in [9.17, 15) is 4.79 Å². The molecule has 17 heavy (non-hydrogen) atoms. The van der Waals surface area contributed by atoms with Gasteiger partial charge in [0, 0.05) is 10.5 Å². The average Bonchev–Trinajstić information content (AvgIpc) is 2.73. The summed E-state index contributed by atoms with van der Waals surface area (Å²) >= 11 is 0. The molecule has 0 saturated carbocycles. The quantitative estimate of drug-likeness (QED) is 0.445. The Hall–Kier alpha value is -2.52. The van der Waals surface area contributed by atoms with E-state index < -0.39 is 5.91 Å². The number of furan rings is 1. The lowest BCUT2D eigenvalue weighted by atomic mass is 10.1. The predicted molar refractivity (Wildman–Crippen MR) is 62.4 cm³/mol. The number of nitrogens with zero attached hydrogens (tertiary/aromatic N) is 3. The molecule has 0 unspecified atom stereocenters. The van der Waals surface area contributed by atoms with Gasteiger partial charge in [0.2, 0.25) is 0 Å². The fourth-order valence-electron chi connectivity index (χ4n) is 1.59. The van der Waals surface area contributed by atoms with E-state index >= 15 is 0 Å². The van der Waals surface area contributed by atoms with Gasteiger partial charge in [0.05, 0.1) is 0 Å². The van der Waals surface area contributed by atoms with Gasteiger partial charge in [0.25, 0.3) is 5.91 Å². The molecule has 0 atom stereocenters. The highest BCUT2D eigenvalue weighted by Gasteiger charge is 2.16. The molecule has 2 aromatic rings. The Bertz CT molecular complexity index is 595. The van der Waals surface area contributed by atoms with Crippen LogP contribution in [0.4, 0.5) is 0 Å². The number of aryl methyl sites for hydroxylation is 1. The Morgan fingerprint density at radius 2 is 2.06 bits per heavy atom. The van der Waals surface area contributed by atoms with E-state index in [0.717, 1.165) is 5.56 Å². The molecule has 1 amide bonds. The Kier molecular flexibility index (Phi) is 2.94. The number of azide groups is 1. The Labute approximate surface area is 97.3 Å². The van der Waals surface area contributed by atoms with Crippen molar-refractivity contribution in [3.63, 3.8) is 0 Å². The molecular weight excluding hydrogens is 218 g/mol. The lowest BCUT2D eigenvalue weighted by molar-refractivity contribution is 0.0973. The Morgan fingerprint density at radius 1 is 1.35 bits per heavy atom. The van der Waals surface area contributed by atoms with Gasteiger partial charge in [0.15, 0.2) is 5.76 Å². The molecule has 2 rings (SSSR count). The van der Waals surface area contributed by atoms with Gasteiger partial charge in [-0.25, -0.2) is 0 Å². The van der Waals surface area contributed by atoms with Crippen molar-refractivity contribution in [3.8, 4) is 11.1 Å². The van der Waals surface area contributed by atoms with Crippen LogP contribution in [0.1, 0.15) is 16.3 Å². The summed E-state index contributed by atoms with van der Waals surface area (Å²) in [6.45, 7) is 1.74. The van der Waals surface area contributed by atoms with Gasteiger partial charge in [-0.3, -0.25) is 4.79 Å². The van der Waals surface area contributed by atoms with E-state index in [1.54, 1.807) is 13.0 Å². The summed E-state index contributed by atoms with van der Waals surface area (Å²) < 4.78 is 5.27. The number of benzene rings is 1. The Balaban J connectivity index is 2.55. The highest BCUT2D eigenvalue weighted by Crippen LogP contribution is 2.27. The summed E-state index contributed by atoms with van der Waals surface area (Å²) in [6, 6.07) is 11.1. The molecule has 1 aromatic heterocycles. The molecule has 0 saturated heterocycles. The molecule has 84 valence electrons. The molecule has 0 aliphatic rings. The lowest BCUT2D eigenvalue weighted by Crippen LogP contribution is -1.93. The van der Waals surface area contributed by atoms with Gasteiger partial charge in [-0.05, 0) is 29.2 Å². The van der Waals surface area contributed by atoms with Crippen LogP contribution < -0.4 is 0 Å². The summed E-state index contributed by atoms with van der Waals surface area (Å²) in [4.78, 5) is 14.0. The standard InChI is InChI=1S/C12H9N3O2/c1-8-7-10(9-5-3-2-4-6-9)11(17-8)12(16)14-15-13/h2-7H,1H3. The van der Waals surface area contributed by atoms with Crippen molar-refractivity contribution in [2.24, 2.45) is 5.11 Å². The smallest absolute Gasteiger partial charge is 0.284 e. The third kappa shape index (κ3) is 2.19. The largest absolute Gasteiger partial charge is 0.457 e. The van der Waals surface area contributed by atoms with Crippen LogP contribution in [0.5, 0.6) is 0 Å². The van der Waals surface area contributed by atoms with Crippen molar-refractivity contribution in [2.45, 2.75) is 6.92 Å². The van der Waals surface area contributed by atoms with Crippen LogP contribution in [0, 0.1) is 6.92 Å². The van der Waals surface area contributed by atoms with Crippen LogP contribution >= 0.6 is 0 Å². The van der Waals surface area contributed by atoms with Crippen molar-refractivity contribution in [1.82, 2.24) is 0 Å². The molecule has 0 aliphatic heterocycles. The molecule has 0 fully saturated rings. The van der Waals surface area contributed by atoms with E-state index in [1.165, 1.54) is 0 Å². The molecule has 0 radical (unpaired) electrons. The van der Waals surface area contributed by atoms with Crippen molar-refractivity contribution in [3.05, 3.63) is 58.4 Å². The normalized spacial score (nSPS) is 9.71. The zero-order chi connectivity index (χ0) is 12.3. The summed E-state index contributed by atoms with van der Waals surface area (Å²) in [7, 11) is 0. The average molecular weight is 227 g/mol. The SMILES string of the molecule is Cc1cc(-c2ccccc2)c(C(=O)N=[N+]=[N-])o1. The molecule has 0 N–H and O–H groups in total. The first-order valence-electron chi connectivity index (χ1n) is 4.97. The second-order valence-corrected chi connectivity index (χ2v) is 3.46. The zero-order valence-corrected chi connectivity index (χ0v) is 9.12. The van der Waals surface area contributed by atoms with Crippen LogP contribution in [0.2, 0.25) is 0 Å². The maximum Gasteiger partial charge on any atom is 0.284 e. The topological polar surface area (TPSA) is 79.0 Å². The van der Waals surface area contributed by atoms with Crippen LogP contribution in [0.25, 0.3) is 21.6 Å². The first-order chi connectivity index (χ1) is 8.22. The Morgan fingerprint density at radius 3 is 2.71 bits per heavy atom. The van der Waals surface area contributed by atoms with Gasteiger partial charge in [0.1, 0.15) is 5.76 Å². The van der Waals surface area contributed by atoms with E-state index in [1.807, 2.05) is 30.3 Å². The van der Waals surface area contributed by atoms with Gasteiger partial charge in [-0.2, -0.15) is 0 Å². The molecule has 5 heteroatoms. The first kappa shape index (κ1) is 11.0. The minimum absolute atomic E-state index is 0.0755. The third-order valence-corrected chi connectivity index (χ3v) is 2.27. The molecule has 1 aromatic carbocycles. The second kappa shape index (κ2) is 4.55. The van der Waals surface area contributed by atoms with Crippen LogP contribution in [0.3, 0.4) is 0 Å². The zero-order valence-electron chi connectivity index (χ0n) is 9.12. The third-order valence-electron chi connectivity index (χ3n) is 2.27. The van der Waals surface area contributed by atoms with E-state index in [-0.39, 0.29) is 5.76 Å². The molecular formula is C12H9N3O2. The van der Waals surface area contributed by atoms with Gasteiger partial charge < -0.3 is 4.42 Å². The summed E-state index contributed by atoms with van der Waals surface area (Å²) in [5.74, 6) is -0.0358. The minimum atomic E-state index is -0.709. The van der Waals surface area contributed by atoms with Crippen LogP contribution in [-0.2, 0) is 0 Å². The molecule has 0 bridgehead atoms. The van der Waals surface area contributed by atoms with Crippen molar-refractivity contribution in [2.75, 3.05) is 0 Å². The highest BCUT2D eigenvalue weighted by atomic mass is 16.3. The molecule has 0 spiro atoms. The van der Waals surface area contributed by atoms with Gasteiger partial charge in [-0.1, -0.05) is 30.3 Å². The fourth-order valence-corrected chi connectivity index (χ4v) is 1.59. The van der Waals surface area contributed by atoms with Crippen molar-refractivity contribution >= 4 is 5.91 Å². The molecule has 5 nitrogen and oxygen atoms in total. The van der Waals surface area contributed by atoms with E-state index in [4.69, 9.17) is 9.95 Å². The summed E-state index contributed by atoms with van der Waals surface area (Å²) in [6.07, 6.45) is 0. The number of amides is 1. The molecule has 0 aliphatic carbocycles. The number of rotatable bonds is 2.